The number of carboxylic acid groups (broad SMARTS) is 1. The van der Waals surface area contributed by atoms with Crippen LogP contribution in [0.15, 0.2) is 28.7 Å². The van der Waals surface area contributed by atoms with Crippen molar-refractivity contribution in [3.63, 3.8) is 0 Å². The molecule has 0 atom stereocenters. The standard InChI is InChI=1S/C14H15NO6/c1-18-10-6-8(7-11(19-2)13(10)20-3)15-12-5-4-9(21-12)14(16)17/h4-7,15H,1-3H3,(H,16,17). The summed E-state index contributed by atoms with van der Waals surface area (Å²) in [5.41, 5.74) is 0.607. The van der Waals surface area contributed by atoms with Gasteiger partial charge in [-0.3, -0.25) is 0 Å². The van der Waals surface area contributed by atoms with Crippen molar-refractivity contribution in [3.8, 4) is 17.2 Å². The van der Waals surface area contributed by atoms with Crippen LogP contribution in [0.4, 0.5) is 11.6 Å². The Hall–Kier alpha value is -2.83. The Balaban J connectivity index is 2.32. The SMILES string of the molecule is COc1cc(Nc2ccc(C(=O)O)o2)cc(OC)c1OC. The minimum absolute atomic E-state index is 0.148. The lowest BCUT2D eigenvalue weighted by Crippen LogP contribution is -1.97. The van der Waals surface area contributed by atoms with Crippen molar-refractivity contribution < 1.29 is 28.5 Å². The van der Waals surface area contributed by atoms with Gasteiger partial charge in [0.1, 0.15) is 0 Å². The summed E-state index contributed by atoms with van der Waals surface area (Å²) in [6.07, 6.45) is 0. The fourth-order valence-electron chi connectivity index (χ4n) is 1.82. The van der Waals surface area contributed by atoms with Crippen LogP contribution in [0.3, 0.4) is 0 Å². The molecule has 0 unspecified atom stereocenters. The lowest BCUT2D eigenvalue weighted by atomic mass is 10.2. The Labute approximate surface area is 121 Å². The van der Waals surface area contributed by atoms with Crippen LogP contribution in [0.2, 0.25) is 0 Å². The number of hydrogen-bond donors (Lipinski definition) is 2. The fourth-order valence-corrected chi connectivity index (χ4v) is 1.82. The number of benzene rings is 1. The molecule has 7 heteroatoms. The third-order valence-electron chi connectivity index (χ3n) is 2.75. The summed E-state index contributed by atoms with van der Waals surface area (Å²) in [6.45, 7) is 0. The highest BCUT2D eigenvalue weighted by molar-refractivity contribution is 5.85. The molecule has 0 saturated carbocycles. The second kappa shape index (κ2) is 6.08. The highest BCUT2D eigenvalue weighted by Gasteiger charge is 2.14. The molecule has 21 heavy (non-hydrogen) atoms. The maximum Gasteiger partial charge on any atom is 0.371 e. The van der Waals surface area contributed by atoms with E-state index < -0.39 is 5.97 Å². The first-order chi connectivity index (χ1) is 10.1. The van der Waals surface area contributed by atoms with Crippen molar-refractivity contribution in [2.45, 2.75) is 0 Å². The minimum Gasteiger partial charge on any atom is -0.493 e. The van der Waals surface area contributed by atoms with Crippen LogP contribution in [0.25, 0.3) is 0 Å². The summed E-state index contributed by atoms with van der Waals surface area (Å²) >= 11 is 0. The van der Waals surface area contributed by atoms with Gasteiger partial charge in [0.2, 0.25) is 11.5 Å². The van der Waals surface area contributed by atoms with Crippen molar-refractivity contribution in [2.24, 2.45) is 0 Å². The molecule has 0 aliphatic rings. The van der Waals surface area contributed by atoms with Crippen LogP contribution in [-0.2, 0) is 0 Å². The number of furan rings is 1. The molecule has 0 bridgehead atoms. The monoisotopic (exact) mass is 293 g/mol. The van der Waals surface area contributed by atoms with E-state index in [0.717, 1.165) is 0 Å². The van der Waals surface area contributed by atoms with E-state index in [1.54, 1.807) is 12.1 Å². The van der Waals surface area contributed by atoms with Crippen molar-refractivity contribution in [3.05, 3.63) is 30.0 Å². The van der Waals surface area contributed by atoms with Crippen LogP contribution >= 0.6 is 0 Å². The molecule has 0 aliphatic heterocycles. The summed E-state index contributed by atoms with van der Waals surface area (Å²) in [7, 11) is 4.53. The van der Waals surface area contributed by atoms with Gasteiger partial charge in [-0.25, -0.2) is 4.79 Å². The zero-order valence-electron chi connectivity index (χ0n) is 11.8. The summed E-state index contributed by atoms with van der Waals surface area (Å²) in [5.74, 6) is 0.435. The van der Waals surface area contributed by atoms with Gasteiger partial charge in [-0.15, -0.1) is 0 Å². The highest BCUT2D eigenvalue weighted by Crippen LogP contribution is 2.40. The molecule has 0 aliphatic carbocycles. The van der Waals surface area contributed by atoms with Gasteiger partial charge in [0.05, 0.1) is 21.3 Å². The smallest absolute Gasteiger partial charge is 0.371 e. The maximum absolute atomic E-state index is 10.8. The van der Waals surface area contributed by atoms with Gasteiger partial charge >= 0.3 is 5.97 Å². The molecule has 0 saturated heterocycles. The number of nitrogens with one attached hydrogen (secondary N) is 1. The van der Waals surface area contributed by atoms with Gasteiger partial charge in [-0.1, -0.05) is 0 Å². The molecule has 0 fully saturated rings. The number of carboxylic acids is 1. The Morgan fingerprint density at radius 3 is 2.14 bits per heavy atom. The van der Waals surface area contributed by atoms with Crippen molar-refractivity contribution >= 4 is 17.5 Å². The Morgan fingerprint density at radius 2 is 1.71 bits per heavy atom. The summed E-state index contributed by atoms with van der Waals surface area (Å²) in [6, 6.07) is 6.25. The van der Waals surface area contributed by atoms with E-state index in [1.165, 1.54) is 33.5 Å². The molecule has 1 heterocycles. The van der Waals surface area contributed by atoms with Crippen LogP contribution in [0.1, 0.15) is 10.6 Å². The third-order valence-corrected chi connectivity index (χ3v) is 2.75. The highest BCUT2D eigenvalue weighted by atomic mass is 16.5. The number of carbonyl (C=O) groups is 1. The molecule has 0 amide bonds. The summed E-state index contributed by atoms with van der Waals surface area (Å²) in [4.78, 5) is 10.8. The number of hydrogen-bond acceptors (Lipinski definition) is 6. The van der Waals surface area contributed by atoms with Gasteiger partial charge in [0, 0.05) is 23.9 Å². The molecule has 2 N–H and O–H groups in total. The number of methoxy groups -OCH3 is 3. The topological polar surface area (TPSA) is 90.2 Å². The second-order valence-corrected chi connectivity index (χ2v) is 4.01. The van der Waals surface area contributed by atoms with Gasteiger partial charge in [0.15, 0.2) is 17.4 Å². The first kappa shape index (κ1) is 14.6. The predicted octanol–water partition coefficient (Wildman–Crippen LogP) is 2.75. The van der Waals surface area contributed by atoms with Crippen LogP contribution < -0.4 is 19.5 Å². The Kier molecular flexibility index (Phi) is 4.22. The van der Waals surface area contributed by atoms with E-state index in [2.05, 4.69) is 5.32 Å². The quantitative estimate of drug-likeness (QED) is 0.846. The molecule has 0 spiro atoms. The Morgan fingerprint density at radius 1 is 1.10 bits per heavy atom. The molecule has 1 aromatic carbocycles. The molecule has 0 radical (unpaired) electrons. The average molecular weight is 293 g/mol. The van der Waals surface area contributed by atoms with E-state index in [9.17, 15) is 4.79 Å². The molecular formula is C14H15NO6. The van der Waals surface area contributed by atoms with Gasteiger partial charge in [0.25, 0.3) is 0 Å². The lowest BCUT2D eigenvalue weighted by Gasteiger charge is -2.14. The number of rotatable bonds is 6. The summed E-state index contributed by atoms with van der Waals surface area (Å²) < 4.78 is 20.8. The third kappa shape index (κ3) is 3.02. The average Bonchev–Trinajstić information content (AvgIpc) is 2.94. The van der Waals surface area contributed by atoms with E-state index in [-0.39, 0.29) is 5.76 Å². The molecule has 1 aromatic heterocycles. The normalized spacial score (nSPS) is 10.0. The zero-order chi connectivity index (χ0) is 15.4. The van der Waals surface area contributed by atoms with Crippen molar-refractivity contribution in [1.29, 1.82) is 0 Å². The molecule has 2 rings (SSSR count). The lowest BCUT2D eigenvalue weighted by molar-refractivity contribution is 0.0663. The Bertz CT molecular complexity index is 624. The largest absolute Gasteiger partial charge is 0.493 e. The van der Waals surface area contributed by atoms with Gasteiger partial charge in [-0.2, -0.15) is 0 Å². The van der Waals surface area contributed by atoms with Crippen molar-refractivity contribution in [2.75, 3.05) is 26.6 Å². The van der Waals surface area contributed by atoms with E-state index in [1.807, 2.05) is 0 Å². The van der Waals surface area contributed by atoms with E-state index >= 15 is 0 Å². The number of anilines is 2. The maximum atomic E-state index is 10.8. The molecular weight excluding hydrogens is 278 g/mol. The van der Waals surface area contributed by atoms with Crippen molar-refractivity contribution in [1.82, 2.24) is 0 Å². The van der Waals surface area contributed by atoms with E-state index in [4.69, 9.17) is 23.7 Å². The van der Waals surface area contributed by atoms with Crippen LogP contribution in [0, 0.1) is 0 Å². The summed E-state index contributed by atoms with van der Waals surface area (Å²) in [5, 5.41) is 11.8. The predicted molar refractivity (Wildman–Crippen MR) is 75.0 cm³/mol. The van der Waals surface area contributed by atoms with Gasteiger partial charge in [-0.05, 0) is 6.07 Å². The molecule has 2 aromatic rings. The first-order valence-corrected chi connectivity index (χ1v) is 5.99. The minimum atomic E-state index is -1.13. The number of ether oxygens (including phenoxy) is 3. The van der Waals surface area contributed by atoms with E-state index in [0.29, 0.717) is 28.8 Å². The zero-order valence-corrected chi connectivity index (χ0v) is 11.8. The second-order valence-electron chi connectivity index (χ2n) is 4.01. The van der Waals surface area contributed by atoms with Crippen LogP contribution in [-0.4, -0.2) is 32.4 Å². The molecule has 7 nitrogen and oxygen atoms in total. The fraction of sp³-hybridized carbons (Fsp3) is 0.214. The van der Waals surface area contributed by atoms with Gasteiger partial charge < -0.3 is 29.1 Å². The number of aromatic carboxylic acids is 1. The molecule has 112 valence electrons. The van der Waals surface area contributed by atoms with Crippen LogP contribution in [0.5, 0.6) is 17.2 Å². The first-order valence-electron chi connectivity index (χ1n) is 5.99.